The number of aryl methyl sites for hydroxylation is 1. The smallest absolute Gasteiger partial charge is 0.120 e. The van der Waals surface area contributed by atoms with Crippen LogP contribution in [0, 0.1) is 0 Å². The summed E-state index contributed by atoms with van der Waals surface area (Å²) in [6, 6.07) is 10.0. The second-order valence-electron chi connectivity index (χ2n) is 7.64. The molecule has 0 aromatic heterocycles. The molecule has 0 aliphatic carbocycles. The van der Waals surface area contributed by atoms with E-state index in [0.29, 0.717) is 6.42 Å². The number of unbranched alkanes of at least 4 members (excludes halogenated alkanes) is 12. The van der Waals surface area contributed by atoms with Crippen LogP contribution in [0.15, 0.2) is 30.3 Å². The standard InChI is InChI=1S/C9H10O.2C9H18O/c10-8-4-7-9-5-2-1-3-6-9;2*1-2-3-4-5-6-7-8-9-10/h1-3,5-6,8H,4,7H2;2*9H,2-8H2,1H3. The summed E-state index contributed by atoms with van der Waals surface area (Å²) >= 11 is 0. The van der Waals surface area contributed by atoms with Crippen LogP contribution in [0.2, 0.25) is 0 Å². The number of benzene rings is 1. The summed E-state index contributed by atoms with van der Waals surface area (Å²) in [6.07, 6.45) is 21.2. The molecule has 172 valence electrons. The second-order valence-corrected chi connectivity index (χ2v) is 7.64. The van der Waals surface area contributed by atoms with E-state index in [0.717, 1.165) is 51.0 Å². The zero-order valence-electron chi connectivity index (χ0n) is 19.7. The molecule has 0 saturated heterocycles. The first-order chi connectivity index (χ1) is 14.8. The van der Waals surface area contributed by atoms with E-state index in [-0.39, 0.29) is 0 Å². The Morgan fingerprint density at radius 3 is 1.33 bits per heavy atom. The molecule has 0 fully saturated rings. The van der Waals surface area contributed by atoms with Crippen molar-refractivity contribution >= 4 is 18.9 Å². The van der Waals surface area contributed by atoms with Gasteiger partial charge in [0, 0.05) is 19.3 Å². The van der Waals surface area contributed by atoms with Crippen molar-refractivity contribution in [2.45, 2.75) is 117 Å². The summed E-state index contributed by atoms with van der Waals surface area (Å²) in [4.78, 5) is 29.8. The molecule has 3 nitrogen and oxygen atoms in total. The molecule has 0 spiro atoms. The van der Waals surface area contributed by atoms with E-state index in [9.17, 15) is 14.4 Å². The maximum Gasteiger partial charge on any atom is 0.120 e. The van der Waals surface area contributed by atoms with Gasteiger partial charge in [-0.3, -0.25) is 0 Å². The highest BCUT2D eigenvalue weighted by molar-refractivity contribution is 5.50. The third-order valence-electron chi connectivity index (χ3n) is 4.74. The predicted octanol–water partition coefficient (Wildman–Crippen LogP) is 7.69. The van der Waals surface area contributed by atoms with Gasteiger partial charge < -0.3 is 14.4 Å². The molecule has 30 heavy (non-hydrogen) atoms. The van der Waals surface area contributed by atoms with Crippen LogP contribution in [0.4, 0.5) is 0 Å². The van der Waals surface area contributed by atoms with Gasteiger partial charge in [-0.15, -0.1) is 0 Å². The Morgan fingerprint density at radius 2 is 0.933 bits per heavy atom. The van der Waals surface area contributed by atoms with E-state index in [1.807, 2.05) is 30.3 Å². The number of carbonyl (C=O) groups is 3. The molecule has 1 aromatic carbocycles. The lowest BCUT2D eigenvalue weighted by atomic mass is 10.1. The summed E-state index contributed by atoms with van der Waals surface area (Å²) in [6.45, 7) is 4.43. The van der Waals surface area contributed by atoms with Crippen molar-refractivity contribution in [3.05, 3.63) is 35.9 Å². The number of aldehydes is 3. The molecule has 0 saturated carbocycles. The molecular formula is C27H46O3. The molecular weight excluding hydrogens is 372 g/mol. The van der Waals surface area contributed by atoms with E-state index < -0.39 is 0 Å². The van der Waals surface area contributed by atoms with Crippen LogP contribution in [0.1, 0.15) is 116 Å². The molecule has 0 atom stereocenters. The molecule has 3 heteroatoms. The maximum absolute atomic E-state index is 9.98. The van der Waals surface area contributed by atoms with Gasteiger partial charge in [-0.1, -0.05) is 108 Å². The van der Waals surface area contributed by atoms with Crippen LogP contribution < -0.4 is 0 Å². The van der Waals surface area contributed by atoms with Crippen molar-refractivity contribution in [3.8, 4) is 0 Å². The first kappa shape index (κ1) is 30.4. The van der Waals surface area contributed by atoms with Crippen LogP contribution in [-0.2, 0) is 20.8 Å². The average Bonchev–Trinajstić information content (AvgIpc) is 2.79. The van der Waals surface area contributed by atoms with E-state index >= 15 is 0 Å². The van der Waals surface area contributed by atoms with Crippen molar-refractivity contribution in [2.75, 3.05) is 0 Å². The molecule has 0 N–H and O–H groups in total. The van der Waals surface area contributed by atoms with Crippen LogP contribution in [0.5, 0.6) is 0 Å². The van der Waals surface area contributed by atoms with Gasteiger partial charge >= 0.3 is 0 Å². The fourth-order valence-electron chi connectivity index (χ4n) is 2.89. The van der Waals surface area contributed by atoms with E-state index in [4.69, 9.17) is 0 Å². The normalized spacial score (nSPS) is 9.53. The summed E-state index contributed by atoms with van der Waals surface area (Å²) in [5.74, 6) is 0. The topological polar surface area (TPSA) is 51.2 Å². The van der Waals surface area contributed by atoms with Gasteiger partial charge in [0.05, 0.1) is 0 Å². The van der Waals surface area contributed by atoms with Gasteiger partial charge in [-0.05, 0) is 24.8 Å². The molecule has 1 aromatic rings. The SMILES string of the molecule is CCCCCCCCC=O.CCCCCCCCC=O.O=CCCc1ccccc1. The van der Waals surface area contributed by atoms with Gasteiger partial charge in [-0.25, -0.2) is 0 Å². The Bertz CT molecular complexity index is 436. The highest BCUT2D eigenvalue weighted by atomic mass is 16.1. The minimum atomic E-state index is 0.629. The Balaban J connectivity index is 0. The Hall–Kier alpha value is -1.77. The van der Waals surface area contributed by atoms with Crippen molar-refractivity contribution in [1.29, 1.82) is 0 Å². The Labute approximate surface area is 186 Å². The second kappa shape index (κ2) is 29.4. The first-order valence-corrected chi connectivity index (χ1v) is 12.1. The molecule has 0 bridgehead atoms. The van der Waals surface area contributed by atoms with Crippen molar-refractivity contribution in [3.63, 3.8) is 0 Å². The molecule has 0 aliphatic rings. The van der Waals surface area contributed by atoms with Gasteiger partial charge in [0.15, 0.2) is 0 Å². The van der Waals surface area contributed by atoms with Gasteiger partial charge in [-0.2, -0.15) is 0 Å². The lowest BCUT2D eigenvalue weighted by Crippen LogP contribution is -1.83. The fraction of sp³-hybridized carbons (Fsp3) is 0.667. The van der Waals surface area contributed by atoms with Crippen molar-refractivity contribution < 1.29 is 14.4 Å². The summed E-state index contributed by atoms with van der Waals surface area (Å²) in [5.41, 5.74) is 1.23. The fourth-order valence-corrected chi connectivity index (χ4v) is 2.89. The van der Waals surface area contributed by atoms with Crippen LogP contribution in [0.25, 0.3) is 0 Å². The van der Waals surface area contributed by atoms with E-state index in [1.54, 1.807) is 0 Å². The van der Waals surface area contributed by atoms with Crippen LogP contribution in [-0.4, -0.2) is 18.9 Å². The van der Waals surface area contributed by atoms with Gasteiger partial charge in [0.25, 0.3) is 0 Å². The number of hydrogen-bond acceptors (Lipinski definition) is 3. The molecule has 0 radical (unpaired) electrons. The summed E-state index contributed by atoms with van der Waals surface area (Å²) in [7, 11) is 0. The molecule has 0 aliphatic heterocycles. The first-order valence-electron chi connectivity index (χ1n) is 12.1. The third kappa shape index (κ3) is 28.4. The Morgan fingerprint density at radius 1 is 0.533 bits per heavy atom. The third-order valence-corrected chi connectivity index (χ3v) is 4.74. The number of rotatable bonds is 17. The molecule has 0 unspecified atom stereocenters. The zero-order valence-corrected chi connectivity index (χ0v) is 19.7. The maximum atomic E-state index is 9.98. The van der Waals surface area contributed by atoms with Gasteiger partial charge in [0.2, 0.25) is 0 Å². The van der Waals surface area contributed by atoms with Gasteiger partial charge in [0.1, 0.15) is 18.9 Å². The monoisotopic (exact) mass is 418 g/mol. The minimum absolute atomic E-state index is 0.629. The zero-order chi connectivity index (χ0) is 22.5. The van der Waals surface area contributed by atoms with Crippen LogP contribution in [0.3, 0.4) is 0 Å². The highest BCUT2D eigenvalue weighted by Gasteiger charge is 1.89. The number of carbonyl (C=O) groups excluding carboxylic acids is 3. The highest BCUT2D eigenvalue weighted by Crippen LogP contribution is 2.06. The minimum Gasteiger partial charge on any atom is -0.303 e. The summed E-state index contributed by atoms with van der Waals surface area (Å²) < 4.78 is 0. The van der Waals surface area contributed by atoms with Crippen LogP contribution >= 0.6 is 0 Å². The average molecular weight is 419 g/mol. The lowest BCUT2D eigenvalue weighted by Gasteiger charge is -1.95. The molecule has 0 amide bonds. The molecule has 0 heterocycles. The van der Waals surface area contributed by atoms with E-state index in [2.05, 4.69) is 13.8 Å². The van der Waals surface area contributed by atoms with E-state index in [1.165, 1.54) is 69.8 Å². The lowest BCUT2D eigenvalue weighted by molar-refractivity contribution is -0.108. The largest absolute Gasteiger partial charge is 0.303 e. The summed E-state index contributed by atoms with van der Waals surface area (Å²) in [5, 5.41) is 0. The Kier molecular flexibility index (Phi) is 29.8. The number of hydrogen-bond donors (Lipinski definition) is 0. The predicted molar refractivity (Wildman–Crippen MR) is 129 cm³/mol. The van der Waals surface area contributed by atoms with Crippen molar-refractivity contribution in [2.24, 2.45) is 0 Å². The van der Waals surface area contributed by atoms with Crippen molar-refractivity contribution in [1.82, 2.24) is 0 Å². The quantitative estimate of drug-likeness (QED) is 0.192. The molecule has 1 rings (SSSR count).